The van der Waals surface area contributed by atoms with Crippen molar-refractivity contribution in [2.45, 2.75) is 32.8 Å². The Morgan fingerprint density at radius 1 is 1.64 bits per heavy atom. The molecule has 1 atom stereocenters. The van der Waals surface area contributed by atoms with E-state index in [9.17, 15) is 4.79 Å². The molecule has 66 valence electrons. The molecule has 4 heteroatoms. The molecule has 1 rings (SSSR count). The van der Waals surface area contributed by atoms with Gasteiger partial charge in [-0.15, -0.1) is 0 Å². The molecule has 0 radical (unpaired) electrons. The third kappa shape index (κ3) is 4.58. The number of halogens is 1. The fourth-order valence-electron chi connectivity index (χ4n) is 0.727. The number of hydrogen-bond donors (Lipinski definition) is 0. The van der Waals surface area contributed by atoms with Gasteiger partial charge < -0.3 is 7.80 Å². The van der Waals surface area contributed by atoms with Gasteiger partial charge in [-0.2, -0.15) is 0 Å². The summed E-state index contributed by atoms with van der Waals surface area (Å²) in [5.41, 5.74) is 0. The second kappa shape index (κ2) is 6.84. The van der Waals surface area contributed by atoms with Crippen molar-refractivity contribution in [1.29, 1.82) is 0 Å². The van der Waals surface area contributed by atoms with Gasteiger partial charge in [-0.05, 0) is 0 Å². The van der Waals surface area contributed by atoms with Gasteiger partial charge in [0.15, 0.2) is 0 Å². The molecule has 0 aromatic carbocycles. The van der Waals surface area contributed by atoms with Crippen molar-refractivity contribution in [1.82, 2.24) is 0 Å². The topological polar surface area (TPSA) is 35.5 Å². The number of esters is 1. The molecule has 0 saturated carbocycles. The van der Waals surface area contributed by atoms with Crippen LogP contribution in [0.15, 0.2) is 0 Å². The van der Waals surface area contributed by atoms with Crippen LogP contribution < -0.4 is 0 Å². The maximum atomic E-state index is 10.5. The number of cyclic esters (lactones) is 1. The zero-order valence-electron chi connectivity index (χ0n) is 6.80. The molecule has 0 amide bonds. The molecule has 3 nitrogen and oxygen atoms in total. The largest absolute Gasteiger partial charge is 0.465 e. The van der Waals surface area contributed by atoms with Gasteiger partial charge in [0.05, 0.1) is 19.1 Å². The molecular weight excluding hydrogens is 259 g/mol. The number of carbonyl (C=O) groups excluding carboxylic acids is 1. The van der Waals surface area contributed by atoms with E-state index in [0.717, 1.165) is 6.42 Å². The molecule has 0 aliphatic carbocycles. The highest BCUT2D eigenvalue weighted by atomic mass is 127. The highest BCUT2D eigenvalue weighted by Gasteiger charge is 2.20. The van der Waals surface area contributed by atoms with Crippen molar-refractivity contribution < 1.29 is 12.6 Å². The van der Waals surface area contributed by atoms with Gasteiger partial charge in [-0.3, -0.25) is 4.79 Å². The van der Waals surface area contributed by atoms with Crippen LogP contribution in [0.1, 0.15) is 26.7 Å². The maximum absolute atomic E-state index is 10.5. The Hall–Kier alpha value is 0.160. The molecule has 0 aromatic rings. The second-order valence-corrected chi connectivity index (χ2v) is 2.43. The molecule has 1 saturated heterocycles. The average Bonchev–Trinajstić information content (AvgIpc) is 2.08. The molecule has 1 aliphatic heterocycles. The monoisotopic (exact) mass is 272 g/mol. The van der Waals surface area contributed by atoms with Gasteiger partial charge in [0.1, 0.15) is 23.0 Å². The highest BCUT2D eigenvalue weighted by molar-refractivity contribution is 14.1. The third-order valence-corrected chi connectivity index (χ3v) is 1.94. The fourth-order valence-corrected chi connectivity index (χ4v) is 1.16. The van der Waals surface area contributed by atoms with E-state index in [2.05, 4.69) is 4.74 Å². The van der Waals surface area contributed by atoms with Gasteiger partial charge in [0.2, 0.25) is 0 Å². The van der Waals surface area contributed by atoms with E-state index in [0.29, 0.717) is 13.0 Å². The van der Waals surface area contributed by atoms with Crippen molar-refractivity contribution in [3.05, 3.63) is 0 Å². The number of ether oxygens (including phenoxy) is 1. The van der Waals surface area contributed by atoms with Gasteiger partial charge in [0, 0.05) is 6.42 Å². The standard InChI is InChI=1S/C5H7IO3.C2H6/c6-9-4-1-2-8-5(7)3-4;1-2/h4H,1-3H2;1-2H3/t4-;/m1./s1. The van der Waals surface area contributed by atoms with Crippen LogP contribution in [0.4, 0.5) is 0 Å². The summed E-state index contributed by atoms with van der Waals surface area (Å²) in [7, 11) is 0. The Labute approximate surface area is 81.1 Å². The molecule has 1 heterocycles. The minimum atomic E-state index is -0.150. The molecule has 1 fully saturated rings. The van der Waals surface area contributed by atoms with Crippen molar-refractivity contribution in [2.24, 2.45) is 0 Å². The average molecular weight is 272 g/mol. The lowest BCUT2D eigenvalue weighted by Gasteiger charge is -2.17. The summed E-state index contributed by atoms with van der Waals surface area (Å²) in [6.45, 7) is 4.51. The SMILES string of the molecule is CC.O=C1C[C@H](OI)CCO1. The van der Waals surface area contributed by atoms with Crippen molar-refractivity contribution in [3.63, 3.8) is 0 Å². The van der Waals surface area contributed by atoms with Gasteiger partial charge in [0.25, 0.3) is 0 Å². The van der Waals surface area contributed by atoms with Crippen molar-refractivity contribution in [3.8, 4) is 0 Å². The summed E-state index contributed by atoms with van der Waals surface area (Å²) in [5, 5.41) is 0. The van der Waals surface area contributed by atoms with Crippen molar-refractivity contribution in [2.75, 3.05) is 6.61 Å². The van der Waals surface area contributed by atoms with Crippen LogP contribution in [0.25, 0.3) is 0 Å². The Morgan fingerprint density at radius 3 is 2.64 bits per heavy atom. The van der Waals surface area contributed by atoms with E-state index in [1.807, 2.05) is 36.9 Å². The normalized spacial score (nSPS) is 23.2. The Morgan fingerprint density at radius 2 is 2.27 bits per heavy atom. The van der Waals surface area contributed by atoms with Crippen LogP contribution >= 0.6 is 23.0 Å². The molecule has 0 N–H and O–H groups in total. The Kier molecular flexibility index (Phi) is 6.94. The lowest BCUT2D eigenvalue weighted by molar-refractivity contribution is -0.149. The van der Waals surface area contributed by atoms with E-state index < -0.39 is 0 Å². The fraction of sp³-hybridized carbons (Fsp3) is 0.857. The summed E-state index contributed by atoms with van der Waals surface area (Å²) < 4.78 is 9.62. The van der Waals surface area contributed by atoms with Gasteiger partial charge in [-0.1, -0.05) is 13.8 Å². The summed E-state index contributed by atoms with van der Waals surface area (Å²) in [6.07, 6.45) is 1.31. The minimum absolute atomic E-state index is 0.0758. The molecule has 0 aromatic heterocycles. The zero-order valence-corrected chi connectivity index (χ0v) is 8.96. The zero-order chi connectivity index (χ0) is 8.69. The van der Waals surface area contributed by atoms with E-state index in [-0.39, 0.29) is 12.1 Å². The number of carbonyl (C=O) groups is 1. The maximum Gasteiger partial charge on any atom is 0.308 e. The summed E-state index contributed by atoms with van der Waals surface area (Å²) >= 11 is 1.81. The predicted molar refractivity (Wildman–Crippen MR) is 50.4 cm³/mol. The van der Waals surface area contributed by atoms with Gasteiger partial charge in [-0.25, -0.2) is 0 Å². The van der Waals surface area contributed by atoms with Crippen LogP contribution in [-0.2, 0) is 12.6 Å². The first kappa shape index (κ1) is 11.2. The first-order valence-corrected chi connectivity index (χ1v) is 4.64. The number of rotatable bonds is 1. The highest BCUT2D eigenvalue weighted by Crippen LogP contribution is 2.13. The van der Waals surface area contributed by atoms with E-state index in [4.69, 9.17) is 3.07 Å². The van der Waals surface area contributed by atoms with Crippen LogP contribution in [0.2, 0.25) is 0 Å². The first-order valence-electron chi connectivity index (χ1n) is 3.76. The quantitative estimate of drug-likeness (QED) is 0.541. The molecule has 0 bridgehead atoms. The van der Waals surface area contributed by atoms with Crippen LogP contribution in [0.3, 0.4) is 0 Å². The smallest absolute Gasteiger partial charge is 0.308 e. The Bertz CT molecular complexity index is 116. The first-order chi connectivity index (χ1) is 5.33. The summed E-state index contributed by atoms with van der Waals surface area (Å²) in [4.78, 5) is 10.5. The lowest BCUT2D eigenvalue weighted by Crippen LogP contribution is -2.24. The van der Waals surface area contributed by atoms with Crippen molar-refractivity contribution >= 4 is 29.0 Å². The summed E-state index contributed by atoms with van der Waals surface area (Å²) in [6, 6.07) is 0. The van der Waals surface area contributed by atoms with E-state index >= 15 is 0 Å². The minimum Gasteiger partial charge on any atom is -0.465 e. The molecule has 0 spiro atoms. The Balaban J connectivity index is 0.000000461. The molecule has 11 heavy (non-hydrogen) atoms. The van der Waals surface area contributed by atoms with Crippen LogP contribution in [-0.4, -0.2) is 18.7 Å². The summed E-state index contributed by atoms with van der Waals surface area (Å²) in [5.74, 6) is -0.150. The molecule has 0 unspecified atom stereocenters. The van der Waals surface area contributed by atoms with Crippen LogP contribution in [0, 0.1) is 0 Å². The van der Waals surface area contributed by atoms with E-state index in [1.54, 1.807) is 0 Å². The van der Waals surface area contributed by atoms with E-state index in [1.165, 1.54) is 0 Å². The second-order valence-electron chi connectivity index (χ2n) is 1.92. The van der Waals surface area contributed by atoms with Gasteiger partial charge >= 0.3 is 5.97 Å². The molecular formula is C7H13IO3. The number of hydrogen-bond acceptors (Lipinski definition) is 3. The predicted octanol–water partition coefficient (Wildman–Crippen LogP) is 2.08. The van der Waals surface area contributed by atoms with Crippen LogP contribution in [0.5, 0.6) is 0 Å². The third-order valence-electron chi connectivity index (χ3n) is 1.22. The molecule has 1 aliphatic rings. The lowest BCUT2D eigenvalue weighted by atomic mass is 10.2.